The number of aryl methyl sites for hydroxylation is 1. The number of carbonyl (C=O) groups is 1. The molecule has 1 amide bonds. The number of amides is 1. The summed E-state index contributed by atoms with van der Waals surface area (Å²) in [6, 6.07) is 14.3. The Balaban J connectivity index is 1.40. The highest BCUT2D eigenvalue weighted by Crippen LogP contribution is 2.25. The van der Waals surface area contributed by atoms with Gasteiger partial charge in [-0.25, -0.2) is 4.98 Å². The lowest BCUT2D eigenvalue weighted by Crippen LogP contribution is -2.43. The second-order valence-corrected chi connectivity index (χ2v) is 8.13. The lowest BCUT2D eigenvalue weighted by atomic mass is 9.97. The molecule has 1 atom stereocenters. The molecular formula is C21H23BrN4O. The second kappa shape index (κ2) is 7.72. The molecule has 1 unspecified atom stereocenters. The van der Waals surface area contributed by atoms with Crippen LogP contribution in [-0.4, -0.2) is 29.0 Å². The average molecular weight is 427 g/mol. The van der Waals surface area contributed by atoms with Crippen LogP contribution < -0.4 is 10.2 Å². The van der Waals surface area contributed by atoms with E-state index in [1.54, 1.807) is 0 Å². The van der Waals surface area contributed by atoms with Crippen molar-refractivity contribution < 1.29 is 4.79 Å². The van der Waals surface area contributed by atoms with E-state index in [2.05, 4.69) is 62.3 Å². The van der Waals surface area contributed by atoms with Gasteiger partial charge < -0.3 is 15.2 Å². The molecule has 4 rings (SSSR count). The zero-order valence-corrected chi connectivity index (χ0v) is 16.9. The Morgan fingerprint density at radius 3 is 2.93 bits per heavy atom. The number of H-pyrrole nitrogens is 1. The molecule has 1 aliphatic rings. The predicted octanol–water partition coefficient (Wildman–Crippen LogP) is 4.17. The molecule has 0 aliphatic carbocycles. The zero-order chi connectivity index (χ0) is 18.8. The van der Waals surface area contributed by atoms with Gasteiger partial charge in [0.25, 0.3) is 0 Å². The van der Waals surface area contributed by atoms with Crippen LogP contribution in [0.4, 0.5) is 5.95 Å². The maximum Gasteiger partial charge on any atom is 0.225 e. The SMILES string of the molecule is Cc1ccc(CNC(=O)C2CCCN(c3nc4ccc(Br)cc4[nH]3)C2)cc1. The summed E-state index contributed by atoms with van der Waals surface area (Å²) in [6.07, 6.45) is 1.91. The van der Waals surface area contributed by atoms with Gasteiger partial charge in [0.05, 0.1) is 17.0 Å². The largest absolute Gasteiger partial charge is 0.352 e. The molecule has 2 N–H and O–H groups in total. The normalized spacial score (nSPS) is 17.3. The maximum absolute atomic E-state index is 12.7. The van der Waals surface area contributed by atoms with Gasteiger partial charge in [0.1, 0.15) is 0 Å². The maximum atomic E-state index is 12.7. The molecular weight excluding hydrogens is 404 g/mol. The van der Waals surface area contributed by atoms with E-state index < -0.39 is 0 Å². The number of aromatic amines is 1. The van der Waals surface area contributed by atoms with Crippen molar-refractivity contribution >= 4 is 38.8 Å². The van der Waals surface area contributed by atoms with Crippen molar-refractivity contribution in [1.29, 1.82) is 0 Å². The number of rotatable bonds is 4. The number of halogens is 1. The second-order valence-electron chi connectivity index (χ2n) is 7.21. The number of piperidine rings is 1. The van der Waals surface area contributed by atoms with Crippen LogP contribution in [0.25, 0.3) is 11.0 Å². The smallest absolute Gasteiger partial charge is 0.225 e. The number of hydrogen-bond donors (Lipinski definition) is 2. The Kier molecular flexibility index (Phi) is 5.16. The Morgan fingerprint density at radius 2 is 2.11 bits per heavy atom. The molecule has 2 heterocycles. The van der Waals surface area contributed by atoms with Crippen LogP contribution in [0.15, 0.2) is 46.9 Å². The molecule has 0 radical (unpaired) electrons. The number of nitrogens with zero attached hydrogens (tertiary/aromatic N) is 2. The number of aromatic nitrogens is 2. The fourth-order valence-corrected chi connectivity index (χ4v) is 3.90. The van der Waals surface area contributed by atoms with Crippen LogP contribution in [0, 0.1) is 12.8 Å². The minimum absolute atomic E-state index is 0.0100. The third kappa shape index (κ3) is 4.16. The highest BCUT2D eigenvalue weighted by atomic mass is 79.9. The van der Waals surface area contributed by atoms with Gasteiger partial charge in [-0.15, -0.1) is 0 Å². The predicted molar refractivity (Wildman–Crippen MR) is 112 cm³/mol. The summed E-state index contributed by atoms with van der Waals surface area (Å²) in [6.45, 7) is 4.26. The zero-order valence-electron chi connectivity index (χ0n) is 15.3. The highest BCUT2D eigenvalue weighted by molar-refractivity contribution is 9.10. The van der Waals surface area contributed by atoms with E-state index in [1.165, 1.54) is 5.56 Å². The van der Waals surface area contributed by atoms with Crippen LogP contribution in [-0.2, 0) is 11.3 Å². The first-order valence-electron chi connectivity index (χ1n) is 9.32. The Labute approximate surface area is 167 Å². The Hall–Kier alpha value is -2.34. The average Bonchev–Trinajstić information content (AvgIpc) is 3.10. The summed E-state index contributed by atoms with van der Waals surface area (Å²) >= 11 is 3.49. The first kappa shape index (κ1) is 18.0. The topological polar surface area (TPSA) is 61.0 Å². The number of fused-ring (bicyclic) bond motifs is 1. The minimum atomic E-state index is -0.0100. The van der Waals surface area contributed by atoms with Crippen molar-refractivity contribution in [2.24, 2.45) is 5.92 Å². The molecule has 3 aromatic rings. The molecule has 27 heavy (non-hydrogen) atoms. The van der Waals surface area contributed by atoms with E-state index in [0.29, 0.717) is 13.1 Å². The van der Waals surface area contributed by atoms with Crippen LogP contribution in [0.3, 0.4) is 0 Å². The molecule has 1 saturated heterocycles. The first-order chi connectivity index (χ1) is 13.1. The fraction of sp³-hybridized carbons (Fsp3) is 0.333. The van der Waals surface area contributed by atoms with E-state index in [9.17, 15) is 4.79 Å². The number of carbonyl (C=O) groups excluding carboxylic acids is 1. The summed E-state index contributed by atoms with van der Waals surface area (Å²) in [5.41, 5.74) is 4.31. The summed E-state index contributed by atoms with van der Waals surface area (Å²) in [7, 11) is 0. The summed E-state index contributed by atoms with van der Waals surface area (Å²) in [4.78, 5) is 22.9. The van der Waals surface area contributed by atoms with Crippen molar-refractivity contribution in [1.82, 2.24) is 15.3 Å². The number of nitrogens with one attached hydrogen (secondary N) is 2. The van der Waals surface area contributed by atoms with Crippen LogP contribution in [0.2, 0.25) is 0 Å². The Morgan fingerprint density at radius 1 is 1.30 bits per heavy atom. The number of hydrogen-bond acceptors (Lipinski definition) is 3. The van der Waals surface area contributed by atoms with Crippen LogP contribution in [0.1, 0.15) is 24.0 Å². The molecule has 5 nitrogen and oxygen atoms in total. The highest BCUT2D eigenvalue weighted by Gasteiger charge is 2.27. The van der Waals surface area contributed by atoms with E-state index in [4.69, 9.17) is 4.98 Å². The minimum Gasteiger partial charge on any atom is -0.352 e. The van der Waals surface area contributed by atoms with Crippen molar-refractivity contribution in [3.8, 4) is 0 Å². The molecule has 0 spiro atoms. The van der Waals surface area contributed by atoms with E-state index in [1.807, 2.05) is 18.2 Å². The number of benzene rings is 2. The van der Waals surface area contributed by atoms with Crippen molar-refractivity contribution in [2.45, 2.75) is 26.3 Å². The molecule has 1 aromatic heterocycles. The monoisotopic (exact) mass is 426 g/mol. The molecule has 6 heteroatoms. The third-order valence-electron chi connectivity index (χ3n) is 5.11. The number of imidazole rings is 1. The lowest BCUT2D eigenvalue weighted by molar-refractivity contribution is -0.125. The molecule has 0 saturated carbocycles. The lowest BCUT2D eigenvalue weighted by Gasteiger charge is -2.31. The van der Waals surface area contributed by atoms with Crippen LogP contribution in [0.5, 0.6) is 0 Å². The molecule has 1 aliphatic heterocycles. The van der Waals surface area contributed by atoms with Crippen LogP contribution >= 0.6 is 15.9 Å². The summed E-state index contributed by atoms with van der Waals surface area (Å²) in [5.74, 6) is 0.961. The van der Waals surface area contributed by atoms with E-state index in [0.717, 1.165) is 46.4 Å². The molecule has 0 bridgehead atoms. The summed E-state index contributed by atoms with van der Waals surface area (Å²) in [5, 5.41) is 3.09. The van der Waals surface area contributed by atoms with Crippen molar-refractivity contribution in [2.75, 3.05) is 18.0 Å². The fourth-order valence-electron chi connectivity index (χ4n) is 3.54. The number of anilines is 1. The van der Waals surface area contributed by atoms with E-state index in [-0.39, 0.29) is 11.8 Å². The van der Waals surface area contributed by atoms with Gasteiger partial charge in [-0.1, -0.05) is 45.8 Å². The third-order valence-corrected chi connectivity index (χ3v) is 5.60. The summed E-state index contributed by atoms with van der Waals surface area (Å²) < 4.78 is 1.03. The van der Waals surface area contributed by atoms with Gasteiger partial charge in [0.2, 0.25) is 11.9 Å². The van der Waals surface area contributed by atoms with Crippen molar-refractivity contribution in [3.63, 3.8) is 0 Å². The van der Waals surface area contributed by atoms with Gasteiger partial charge >= 0.3 is 0 Å². The van der Waals surface area contributed by atoms with Gasteiger partial charge in [-0.3, -0.25) is 4.79 Å². The molecule has 2 aromatic carbocycles. The first-order valence-corrected chi connectivity index (χ1v) is 10.1. The molecule has 1 fully saturated rings. The molecule has 140 valence electrons. The standard InChI is InChI=1S/C21H23BrN4O/c1-14-4-6-15(7-5-14)12-23-20(27)16-3-2-10-26(13-16)21-24-18-9-8-17(22)11-19(18)25-21/h4-9,11,16H,2-3,10,12-13H2,1H3,(H,23,27)(H,24,25). The van der Waals surface area contributed by atoms with Gasteiger partial charge in [-0.05, 0) is 43.5 Å². The Bertz CT molecular complexity index is 950. The van der Waals surface area contributed by atoms with Gasteiger partial charge in [-0.2, -0.15) is 0 Å². The van der Waals surface area contributed by atoms with Gasteiger partial charge in [0.15, 0.2) is 0 Å². The van der Waals surface area contributed by atoms with E-state index >= 15 is 0 Å². The van der Waals surface area contributed by atoms with Crippen molar-refractivity contribution in [3.05, 3.63) is 58.1 Å². The quantitative estimate of drug-likeness (QED) is 0.657. The van der Waals surface area contributed by atoms with Gasteiger partial charge in [0, 0.05) is 24.1 Å².